The lowest BCUT2D eigenvalue weighted by Gasteiger charge is -2.30. The van der Waals surface area contributed by atoms with Crippen LogP contribution in [0.4, 0.5) is 5.69 Å². The summed E-state index contributed by atoms with van der Waals surface area (Å²) in [5.74, 6) is 0.604. The van der Waals surface area contributed by atoms with E-state index in [-0.39, 0.29) is 11.8 Å². The van der Waals surface area contributed by atoms with E-state index in [1.165, 1.54) is 11.8 Å². The molecule has 1 atom stereocenters. The van der Waals surface area contributed by atoms with Crippen molar-refractivity contribution in [2.45, 2.75) is 45.2 Å². The summed E-state index contributed by atoms with van der Waals surface area (Å²) in [6.45, 7) is 8.92. The van der Waals surface area contributed by atoms with Gasteiger partial charge in [-0.25, -0.2) is 0 Å². The molecule has 1 aliphatic rings. The molecule has 0 radical (unpaired) electrons. The molecule has 0 bridgehead atoms. The Kier molecular flexibility index (Phi) is 6.33. The standard InChI is InChI=1S/C26H31N3O2S/c1-16(2)10-11-27-25(31)24-23-20-8-6-7-9-21(20)28(5)26(23)32-15-22(30)29(24)19-13-17(3)12-18(4)14-19/h6-9,12-14,16,24H,10-11,15H2,1-5H3,(H,27,31)/t24-/m0/s1. The van der Waals surface area contributed by atoms with Gasteiger partial charge in [0.2, 0.25) is 11.8 Å². The van der Waals surface area contributed by atoms with Gasteiger partial charge in [-0.15, -0.1) is 0 Å². The molecule has 0 spiro atoms. The fraction of sp³-hybridized carbons (Fsp3) is 0.385. The first kappa shape index (κ1) is 22.5. The van der Waals surface area contributed by atoms with Crippen LogP contribution in [0.3, 0.4) is 0 Å². The van der Waals surface area contributed by atoms with Crippen molar-refractivity contribution in [2.24, 2.45) is 13.0 Å². The van der Waals surface area contributed by atoms with Gasteiger partial charge in [0, 0.05) is 35.7 Å². The maximum absolute atomic E-state index is 13.7. The Bertz CT molecular complexity index is 1160. The minimum absolute atomic E-state index is 0.0516. The molecule has 32 heavy (non-hydrogen) atoms. The van der Waals surface area contributed by atoms with E-state index in [0.717, 1.165) is 44.7 Å². The summed E-state index contributed by atoms with van der Waals surface area (Å²) in [4.78, 5) is 28.9. The Morgan fingerprint density at radius 2 is 1.84 bits per heavy atom. The molecule has 0 aliphatic carbocycles. The Labute approximate surface area is 194 Å². The summed E-state index contributed by atoms with van der Waals surface area (Å²) in [6.07, 6.45) is 0.896. The van der Waals surface area contributed by atoms with E-state index in [4.69, 9.17) is 0 Å². The van der Waals surface area contributed by atoms with Crippen molar-refractivity contribution in [3.63, 3.8) is 0 Å². The monoisotopic (exact) mass is 449 g/mol. The number of carbonyl (C=O) groups excluding carboxylic acids is 2. The lowest BCUT2D eigenvalue weighted by Crippen LogP contribution is -2.44. The zero-order valence-corrected chi connectivity index (χ0v) is 20.3. The number of hydrogen-bond donors (Lipinski definition) is 1. The first-order valence-corrected chi connectivity index (χ1v) is 12.1. The smallest absolute Gasteiger partial charge is 0.247 e. The zero-order valence-electron chi connectivity index (χ0n) is 19.4. The number of thioether (sulfide) groups is 1. The van der Waals surface area contributed by atoms with Crippen molar-refractivity contribution in [1.82, 2.24) is 9.88 Å². The topological polar surface area (TPSA) is 54.3 Å². The van der Waals surface area contributed by atoms with Gasteiger partial charge in [0.15, 0.2) is 0 Å². The van der Waals surface area contributed by atoms with Crippen LogP contribution in [0.5, 0.6) is 0 Å². The highest BCUT2D eigenvalue weighted by Crippen LogP contribution is 2.43. The number of para-hydroxylation sites is 1. The minimum Gasteiger partial charge on any atom is -0.354 e. The molecule has 0 saturated carbocycles. The highest BCUT2D eigenvalue weighted by Gasteiger charge is 2.39. The number of nitrogens with zero attached hydrogens (tertiary/aromatic N) is 2. The summed E-state index contributed by atoms with van der Waals surface area (Å²) in [5.41, 5.74) is 4.90. The third-order valence-electron chi connectivity index (χ3n) is 5.98. The fourth-order valence-corrected chi connectivity index (χ4v) is 5.59. The Hall–Kier alpha value is -2.73. The molecule has 1 aromatic heterocycles. The molecule has 1 N–H and O–H groups in total. The Balaban J connectivity index is 1.91. The Morgan fingerprint density at radius 3 is 2.53 bits per heavy atom. The maximum Gasteiger partial charge on any atom is 0.247 e. The van der Waals surface area contributed by atoms with Crippen LogP contribution < -0.4 is 10.2 Å². The average molecular weight is 450 g/mol. The van der Waals surface area contributed by atoms with Gasteiger partial charge in [0.05, 0.1) is 10.8 Å². The van der Waals surface area contributed by atoms with Gasteiger partial charge in [0.1, 0.15) is 6.04 Å². The van der Waals surface area contributed by atoms with Crippen molar-refractivity contribution in [2.75, 3.05) is 17.2 Å². The quantitative estimate of drug-likeness (QED) is 0.587. The molecule has 2 heterocycles. The SMILES string of the molecule is Cc1cc(C)cc(N2C(=O)CSc3c(c4ccccc4n3C)[C@H]2C(=O)NCCC(C)C)c1. The third-order valence-corrected chi connectivity index (χ3v) is 7.14. The van der Waals surface area contributed by atoms with E-state index in [1.807, 2.05) is 45.2 Å². The lowest BCUT2D eigenvalue weighted by atomic mass is 10.0. The fourth-order valence-electron chi connectivity index (χ4n) is 4.52. The van der Waals surface area contributed by atoms with Crippen LogP contribution in [0.25, 0.3) is 10.9 Å². The first-order chi connectivity index (χ1) is 15.3. The second kappa shape index (κ2) is 9.02. The van der Waals surface area contributed by atoms with Crippen LogP contribution >= 0.6 is 11.8 Å². The molecule has 3 aromatic rings. The second-order valence-corrected chi connectivity index (χ2v) is 10.0. The van der Waals surface area contributed by atoms with Gasteiger partial charge in [0.25, 0.3) is 0 Å². The van der Waals surface area contributed by atoms with Crippen LogP contribution in [0.2, 0.25) is 0 Å². The molecule has 2 amide bonds. The lowest BCUT2D eigenvalue weighted by molar-refractivity contribution is -0.125. The number of aromatic nitrogens is 1. The number of nitrogens with one attached hydrogen (secondary N) is 1. The summed E-state index contributed by atoms with van der Waals surface area (Å²) in [5, 5.41) is 5.13. The van der Waals surface area contributed by atoms with Gasteiger partial charge in [-0.3, -0.25) is 14.5 Å². The van der Waals surface area contributed by atoms with E-state index in [9.17, 15) is 9.59 Å². The van der Waals surface area contributed by atoms with Crippen LogP contribution in [-0.4, -0.2) is 28.7 Å². The number of rotatable bonds is 5. The van der Waals surface area contributed by atoms with Crippen LogP contribution in [0, 0.1) is 19.8 Å². The highest BCUT2D eigenvalue weighted by molar-refractivity contribution is 8.00. The van der Waals surface area contributed by atoms with Crippen LogP contribution in [0.15, 0.2) is 47.5 Å². The highest BCUT2D eigenvalue weighted by atomic mass is 32.2. The predicted molar refractivity (Wildman–Crippen MR) is 132 cm³/mol. The van der Waals surface area contributed by atoms with Crippen molar-refractivity contribution in [3.05, 3.63) is 59.2 Å². The number of aryl methyl sites for hydroxylation is 3. The molecule has 0 unspecified atom stereocenters. The van der Waals surface area contributed by atoms with E-state index in [0.29, 0.717) is 18.2 Å². The van der Waals surface area contributed by atoms with Gasteiger partial charge in [-0.2, -0.15) is 0 Å². The van der Waals surface area contributed by atoms with Gasteiger partial charge < -0.3 is 9.88 Å². The molecule has 0 saturated heterocycles. The van der Waals surface area contributed by atoms with Crippen LogP contribution in [-0.2, 0) is 16.6 Å². The maximum atomic E-state index is 13.7. The molecular formula is C26H31N3O2S. The van der Waals surface area contributed by atoms with E-state index in [2.05, 4.69) is 41.9 Å². The number of fused-ring (bicyclic) bond motifs is 3. The van der Waals surface area contributed by atoms with E-state index < -0.39 is 6.04 Å². The normalized spacial score (nSPS) is 16.4. The van der Waals surface area contributed by atoms with Crippen molar-refractivity contribution in [3.8, 4) is 0 Å². The van der Waals surface area contributed by atoms with Crippen molar-refractivity contribution >= 4 is 40.2 Å². The summed E-state index contributed by atoms with van der Waals surface area (Å²) < 4.78 is 2.11. The summed E-state index contributed by atoms with van der Waals surface area (Å²) in [6, 6.07) is 13.5. The predicted octanol–water partition coefficient (Wildman–Crippen LogP) is 5.14. The Morgan fingerprint density at radius 1 is 1.16 bits per heavy atom. The molecule has 4 rings (SSSR count). The van der Waals surface area contributed by atoms with E-state index in [1.54, 1.807) is 4.90 Å². The average Bonchev–Trinajstić information content (AvgIpc) is 2.90. The van der Waals surface area contributed by atoms with Gasteiger partial charge in [-0.1, -0.05) is 49.9 Å². The van der Waals surface area contributed by atoms with Crippen molar-refractivity contribution in [1.29, 1.82) is 0 Å². The largest absolute Gasteiger partial charge is 0.354 e. The van der Waals surface area contributed by atoms with Crippen molar-refractivity contribution < 1.29 is 9.59 Å². The summed E-state index contributed by atoms with van der Waals surface area (Å²) in [7, 11) is 2.01. The molecule has 5 nitrogen and oxygen atoms in total. The number of carbonyl (C=O) groups is 2. The minimum atomic E-state index is -0.716. The number of anilines is 1. The molecule has 2 aromatic carbocycles. The van der Waals surface area contributed by atoms with Gasteiger partial charge in [-0.05, 0) is 55.5 Å². The zero-order chi connectivity index (χ0) is 23.0. The van der Waals surface area contributed by atoms with Crippen LogP contribution in [0.1, 0.15) is 43.0 Å². The molecule has 168 valence electrons. The molecule has 1 aliphatic heterocycles. The van der Waals surface area contributed by atoms with E-state index >= 15 is 0 Å². The first-order valence-electron chi connectivity index (χ1n) is 11.2. The summed E-state index contributed by atoms with van der Waals surface area (Å²) >= 11 is 1.52. The molecule has 6 heteroatoms. The molecular weight excluding hydrogens is 418 g/mol. The third kappa shape index (κ3) is 4.16. The van der Waals surface area contributed by atoms with Gasteiger partial charge >= 0.3 is 0 Å². The molecule has 0 fully saturated rings. The second-order valence-electron chi connectivity index (χ2n) is 9.07. The number of amides is 2. The number of benzene rings is 2. The number of hydrogen-bond acceptors (Lipinski definition) is 3.